The van der Waals surface area contributed by atoms with Gasteiger partial charge in [-0.3, -0.25) is 4.90 Å². The Morgan fingerprint density at radius 1 is 1.50 bits per heavy atom. The minimum atomic E-state index is -0.921. The molecule has 0 unspecified atom stereocenters. The number of fused-ring (bicyclic) bond motifs is 1. The lowest BCUT2D eigenvalue weighted by molar-refractivity contribution is -0.132. The zero-order chi connectivity index (χ0) is 11.7. The van der Waals surface area contributed by atoms with Crippen molar-refractivity contribution in [3.8, 4) is 0 Å². The molecule has 1 aromatic carbocycles. The fourth-order valence-corrected chi connectivity index (χ4v) is 2.43. The van der Waals surface area contributed by atoms with Crippen LogP contribution in [-0.4, -0.2) is 22.5 Å². The molecular formula is C12H12BrNO2. The number of halogens is 1. The van der Waals surface area contributed by atoms with Crippen molar-refractivity contribution in [3.05, 3.63) is 46.0 Å². The Balaban J connectivity index is 2.09. The number of benzene rings is 1. The van der Waals surface area contributed by atoms with E-state index >= 15 is 0 Å². The smallest absolute Gasteiger partial charge is 0.332 e. The molecule has 0 aliphatic carbocycles. The summed E-state index contributed by atoms with van der Waals surface area (Å²) in [4.78, 5) is 12.8. The monoisotopic (exact) mass is 281 g/mol. The third-order valence-corrected chi connectivity index (χ3v) is 3.45. The maximum absolute atomic E-state index is 10.7. The average molecular weight is 282 g/mol. The van der Waals surface area contributed by atoms with Gasteiger partial charge in [0, 0.05) is 29.7 Å². The first kappa shape index (κ1) is 11.4. The Hall–Kier alpha value is -1.13. The Labute approximate surface area is 103 Å². The van der Waals surface area contributed by atoms with Crippen molar-refractivity contribution >= 4 is 21.9 Å². The number of nitrogens with zero attached hydrogens (tertiary/aromatic N) is 1. The van der Waals surface area contributed by atoms with E-state index in [0.717, 1.165) is 17.6 Å². The van der Waals surface area contributed by atoms with E-state index in [1.165, 1.54) is 11.1 Å². The van der Waals surface area contributed by atoms with Crippen LogP contribution < -0.4 is 0 Å². The highest BCUT2D eigenvalue weighted by atomic mass is 79.9. The van der Waals surface area contributed by atoms with E-state index in [1.807, 2.05) is 12.1 Å². The molecule has 0 aromatic heterocycles. The second-order valence-corrected chi connectivity index (χ2v) is 4.79. The lowest BCUT2D eigenvalue weighted by Gasteiger charge is -2.14. The quantitative estimate of drug-likeness (QED) is 0.865. The summed E-state index contributed by atoms with van der Waals surface area (Å²) in [6.07, 6.45) is 0. The predicted octanol–water partition coefficient (Wildman–Crippen LogP) is 2.41. The molecule has 4 heteroatoms. The summed E-state index contributed by atoms with van der Waals surface area (Å²) in [7, 11) is 0. The number of carboxylic acids is 1. The van der Waals surface area contributed by atoms with Crippen molar-refractivity contribution in [2.45, 2.75) is 13.1 Å². The molecule has 1 aliphatic heterocycles. The molecule has 1 N–H and O–H groups in total. The first-order chi connectivity index (χ1) is 7.58. The highest BCUT2D eigenvalue weighted by Crippen LogP contribution is 2.29. The molecule has 0 bridgehead atoms. The summed E-state index contributed by atoms with van der Waals surface area (Å²) in [5.41, 5.74) is 2.75. The highest BCUT2D eigenvalue weighted by molar-refractivity contribution is 9.10. The lowest BCUT2D eigenvalue weighted by atomic mass is 10.1. The van der Waals surface area contributed by atoms with Crippen molar-refractivity contribution < 1.29 is 9.90 Å². The zero-order valence-corrected chi connectivity index (χ0v) is 10.3. The van der Waals surface area contributed by atoms with E-state index in [-0.39, 0.29) is 5.57 Å². The Morgan fingerprint density at radius 2 is 2.25 bits per heavy atom. The van der Waals surface area contributed by atoms with Crippen molar-refractivity contribution in [1.82, 2.24) is 4.90 Å². The Morgan fingerprint density at radius 3 is 2.88 bits per heavy atom. The molecule has 1 aliphatic rings. The van der Waals surface area contributed by atoms with Crippen molar-refractivity contribution in [2.75, 3.05) is 6.54 Å². The molecule has 1 aromatic rings. The van der Waals surface area contributed by atoms with Crippen LogP contribution in [0.15, 0.2) is 34.8 Å². The third kappa shape index (κ3) is 2.18. The van der Waals surface area contributed by atoms with Gasteiger partial charge in [0.2, 0.25) is 0 Å². The van der Waals surface area contributed by atoms with Gasteiger partial charge in [-0.1, -0.05) is 34.6 Å². The fourth-order valence-electron chi connectivity index (χ4n) is 1.90. The summed E-state index contributed by atoms with van der Waals surface area (Å²) in [5.74, 6) is -0.921. The molecule has 16 heavy (non-hydrogen) atoms. The summed E-state index contributed by atoms with van der Waals surface area (Å²) < 4.78 is 1.09. The van der Waals surface area contributed by atoms with Crippen molar-refractivity contribution in [3.63, 3.8) is 0 Å². The van der Waals surface area contributed by atoms with Gasteiger partial charge in [-0.05, 0) is 17.2 Å². The van der Waals surface area contributed by atoms with Gasteiger partial charge in [-0.15, -0.1) is 0 Å². The van der Waals surface area contributed by atoms with Gasteiger partial charge in [0.05, 0.1) is 0 Å². The van der Waals surface area contributed by atoms with E-state index in [2.05, 4.69) is 33.5 Å². The standard InChI is InChI=1S/C12H12BrNO2/c1-8(12(15)16)5-14-6-9-3-2-4-11(13)10(9)7-14/h2-4H,1,5-7H2,(H,15,16). The van der Waals surface area contributed by atoms with E-state index in [0.29, 0.717) is 6.54 Å². The van der Waals surface area contributed by atoms with Gasteiger partial charge in [0.1, 0.15) is 0 Å². The Bertz CT molecular complexity index is 456. The molecule has 0 radical (unpaired) electrons. The van der Waals surface area contributed by atoms with Gasteiger partial charge in [-0.2, -0.15) is 0 Å². The molecule has 0 amide bonds. The molecule has 2 rings (SSSR count). The topological polar surface area (TPSA) is 40.5 Å². The van der Waals surface area contributed by atoms with Crippen molar-refractivity contribution in [1.29, 1.82) is 0 Å². The zero-order valence-electron chi connectivity index (χ0n) is 8.74. The van der Waals surface area contributed by atoms with Gasteiger partial charge in [0.25, 0.3) is 0 Å². The van der Waals surface area contributed by atoms with Crippen LogP contribution >= 0.6 is 15.9 Å². The highest BCUT2D eigenvalue weighted by Gasteiger charge is 2.22. The minimum Gasteiger partial charge on any atom is -0.478 e. The molecule has 0 saturated carbocycles. The molecular weight excluding hydrogens is 270 g/mol. The number of carbonyl (C=O) groups is 1. The first-order valence-electron chi connectivity index (χ1n) is 4.97. The van der Waals surface area contributed by atoms with Crippen LogP contribution in [0.4, 0.5) is 0 Å². The van der Waals surface area contributed by atoms with Gasteiger partial charge in [-0.25, -0.2) is 4.79 Å². The van der Waals surface area contributed by atoms with Crippen LogP contribution in [0.25, 0.3) is 0 Å². The second kappa shape index (κ2) is 4.39. The van der Waals surface area contributed by atoms with E-state index in [1.54, 1.807) is 0 Å². The minimum absolute atomic E-state index is 0.240. The van der Waals surface area contributed by atoms with E-state index in [9.17, 15) is 4.79 Å². The number of hydrogen-bond acceptors (Lipinski definition) is 2. The summed E-state index contributed by atoms with van der Waals surface area (Å²) in [5, 5.41) is 8.78. The van der Waals surface area contributed by atoms with Crippen LogP contribution in [0.2, 0.25) is 0 Å². The van der Waals surface area contributed by atoms with Crippen LogP contribution in [0.3, 0.4) is 0 Å². The van der Waals surface area contributed by atoms with Crippen LogP contribution in [0, 0.1) is 0 Å². The Kier molecular flexibility index (Phi) is 3.12. The first-order valence-corrected chi connectivity index (χ1v) is 5.77. The largest absolute Gasteiger partial charge is 0.478 e. The van der Waals surface area contributed by atoms with Crippen LogP contribution in [-0.2, 0) is 17.9 Å². The molecule has 0 fully saturated rings. The van der Waals surface area contributed by atoms with E-state index < -0.39 is 5.97 Å². The second-order valence-electron chi connectivity index (χ2n) is 3.93. The summed E-state index contributed by atoms with van der Waals surface area (Å²) >= 11 is 3.50. The number of carboxylic acid groups (broad SMARTS) is 1. The van der Waals surface area contributed by atoms with Crippen LogP contribution in [0.1, 0.15) is 11.1 Å². The molecule has 0 atom stereocenters. The van der Waals surface area contributed by atoms with Gasteiger partial charge < -0.3 is 5.11 Å². The third-order valence-electron chi connectivity index (χ3n) is 2.71. The fraction of sp³-hybridized carbons (Fsp3) is 0.250. The number of aliphatic carboxylic acids is 1. The van der Waals surface area contributed by atoms with E-state index in [4.69, 9.17) is 5.11 Å². The summed E-state index contributed by atoms with van der Waals surface area (Å²) in [6, 6.07) is 6.08. The molecule has 1 heterocycles. The number of hydrogen-bond donors (Lipinski definition) is 1. The predicted molar refractivity (Wildman–Crippen MR) is 65.0 cm³/mol. The lowest BCUT2D eigenvalue weighted by Crippen LogP contribution is -2.22. The molecule has 3 nitrogen and oxygen atoms in total. The normalized spacial score (nSPS) is 14.8. The van der Waals surface area contributed by atoms with Gasteiger partial charge >= 0.3 is 5.97 Å². The van der Waals surface area contributed by atoms with Gasteiger partial charge in [0.15, 0.2) is 0 Å². The average Bonchev–Trinajstić information content (AvgIpc) is 2.61. The van der Waals surface area contributed by atoms with Crippen molar-refractivity contribution in [2.24, 2.45) is 0 Å². The summed E-state index contributed by atoms with van der Waals surface area (Å²) in [6.45, 7) is 5.54. The maximum Gasteiger partial charge on any atom is 0.332 e. The SMILES string of the molecule is C=C(CN1Cc2cccc(Br)c2C1)C(=O)O. The molecule has 84 valence electrons. The van der Waals surface area contributed by atoms with Crippen LogP contribution in [0.5, 0.6) is 0 Å². The molecule has 0 spiro atoms. The molecule has 0 saturated heterocycles. The maximum atomic E-state index is 10.7. The number of rotatable bonds is 3.